The van der Waals surface area contributed by atoms with Gasteiger partial charge in [-0.3, -0.25) is 4.79 Å². The number of nitrogens with one attached hydrogen (secondary N) is 1. The van der Waals surface area contributed by atoms with E-state index in [1.807, 2.05) is 26.0 Å². The van der Waals surface area contributed by atoms with Crippen LogP contribution in [0, 0.1) is 13.8 Å². The lowest BCUT2D eigenvalue weighted by Gasteiger charge is -2.11. The van der Waals surface area contributed by atoms with Crippen molar-refractivity contribution >= 4 is 5.65 Å². The van der Waals surface area contributed by atoms with Crippen LogP contribution in [0.2, 0.25) is 0 Å². The van der Waals surface area contributed by atoms with Crippen molar-refractivity contribution in [3.05, 3.63) is 45.5 Å². The summed E-state index contributed by atoms with van der Waals surface area (Å²) in [5, 5.41) is 13.6. The molecule has 0 spiro atoms. The third-order valence-corrected chi connectivity index (χ3v) is 4.31. The van der Waals surface area contributed by atoms with E-state index in [1.54, 1.807) is 20.3 Å². The monoisotopic (exact) mass is 343 g/mol. The summed E-state index contributed by atoms with van der Waals surface area (Å²) in [4.78, 5) is 16.0. The molecular weight excluding hydrogens is 322 g/mol. The van der Waals surface area contributed by atoms with Crippen molar-refractivity contribution in [3.8, 4) is 22.6 Å². The molecule has 132 valence electrons. The summed E-state index contributed by atoms with van der Waals surface area (Å²) < 4.78 is 12.1. The third kappa shape index (κ3) is 2.76. The second-order valence-corrected chi connectivity index (χ2v) is 5.79. The molecule has 0 fully saturated rings. The van der Waals surface area contributed by atoms with Gasteiger partial charge in [-0.15, -0.1) is 0 Å². The van der Waals surface area contributed by atoms with Gasteiger partial charge >= 0.3 is 0 Å². The largest absolute Gasteiger partial charge is 0.497 e. The van der Waals surface area contributed by atoms with Gasteiger partial charge in [-0.25, -0.2) is 0 Å². The van der Waals surface area contributed by atoms with E-state index in [4.69, 9.17) is 9.47 Å². The molecule has 25 heavy (non-hydrogen) atoms. The molecule has 0 aliphatic rings. The Morgan fingerprint density at radius 2 is 2.00 bits per heavy atom. The highest BCUT2D eigenvalue weighted by atomic mass is 16.5. The number of ether oxygens (including phenoxy) is 2. The van der Waals surface area contributed by atoms with Gasteiger partial charge in [-0.1, -0.05) is 0 Å². The number of aryl methyl sites for hydroxylation is 2. The van der Waals surface area contributed by atoms with E-state index in [-0.39, 0.29) is 18.6 Å². The first-order valence-corrected chi connectivity index (χ1v) is 7.96. The lowest BCUT2D eigenvalue weighted by molar-refractivity contribution is 0.298. The SMILES string of the molecule is COc1ccc(-c2c(C)nn3c(=O)c(CCO)c(C)[nH]c23)c(OC)c1. The second-order valence-electron chi connectivity index (χ2n) is 5.79. The molecule has 0 saturated heterocycles. The van der Waals surface area contributed by atoms with Gasteiger partial charge in [0, 0.05) is 35.9 Å². The van der Waals surface area contributed by atoms with Gasteiger partial charge in [-0.2, -0.15) is 9.61 Å². The number of benzene rings is 1. The molecule has 0 amide bonds. The van der Waals surface area contributed by atoms with Gasteiger partial charge in [0.1, 0.15) is 17.1 Å². The topological polar surface area (TPSA) is 88.9 Å². The Labute approximate surface area is 144 Å². The van der Waals surface area contributed by atoms with E-state index >= 15 is 0 Å². The maximum absolute atomic E-state index is 12.7. The van der Waals surface area contributed by atoms with Crippen molar-refractivity contribution in [1.29, 1.82) is 0 Å². The fourth-order valence-corrected chi connectivity index (χ4v) is 3.06. The van der Waals surface area contributed by atoms with Crippen LogP contribution in [0.25, 0.3) is 16.8 Å². The zero-order valence-corrected chi connectivity index (χ0v) is 14.7. The van der Waals surface area contributed by atoms with Crippen LogP contribution in [0.3, 0.4) is 0 Å². The molecule has 7 nitrogen and oxygen atoms in total. The number of rotatable bonds is 5. The molecular formula is C18H21N3O4. The summed E-state index contributed by atoms with van der Waals surface area (Å²) in [5.74, 6) is 1.32. The molecule has 3 rings (SSSR count). The molecule has 2 heterocycles. The number of nitrogens with zero attached hydrogens (tertiary/aromatic N) is 2. The van der Waals surface area contributed by atoms with E-state index in [2.05, 4.69) is 10.1 Å². The van der Waals surface area contributed by atoms with Crippen LogP contribution in [0.5, 0.6) is 11.5 Å². The Kier molecular flexibility index (Phi) is 4.50. The second kappa shape index (κ2) is 6.60. The molecule has 0 atom stereocenters. The molecule has 0 saturated carbocycles. The summed E-state index contributed by atoms with van der Waals surface area (Å²) in [6.45, 7) is 3.58. The van der Waals surface area contributed by atoms with Crippen molar-refractivity contribution in [2.75, 3.05) is 20.8 Å². The van der Waals surface area contributed by atoms with Gasteiger partial charge < -0.3 is 19.6 Å². The van der Waals surface area contributed by atoms with Crippen molar-refractivity contribution in [1.82, 2.24) is 14.6 Å². The van der Waals surface area contributed by atoms with Crippen LogP contribution in [0.15, 0.2) is 23.0 Å². The number of H-pyrrole nitrogens is 1. The molecule has 0 unspecified atom stereocenters. The normalized spacial score (nSPS) is 11.1. The van der Waals surface area contributed by atoms with Gasteiger partial charge in [-0.05, 0) is 26.0 Å². The fraction of sp³-hybridized carbons (Fsp3) is 0.333. The van der Waals surface area contributed by atoms with Gasteiger partial charge in [0.2, 0.25) is 0 Å². The molecule has 2 aromatic heterocycles. The lowest BCUT2D eigenvalue weighted by Crippen LogP contribution is -2.22. The summed E-state index contributed by atoms with van der Waals surface area (Å²) in [6.07, 6.45) is 0.289. The van der Waals surface area contributed by atoms with Gasteiger partial charge in [0.05, 0.1) is 25.5 Å². The molecule has 1 aromatic carbocycles. The van der Waals surface area contributed by atoms with E-state index in [9.17, 15) is 9.90 Å². The van der Waals surface area contributed by atoms with Crippen molar-refractivity contribution in [2.24, 2.45) is 0 Å². The van der Waals surface area contributed by atoms with Crippen molar-refractivity contribution in [2.45, 2.75) is 20.3 Å². The summed E-state index contributed by atoms with van der Waals surface area (Å²) >= 11 is 0. The average Bonchev–Trinajstić information content (AvgIpc) is 2.94. The molecule has 0 radical (unpaired) electrons. The number of hydrogen-bond donors (Lipinski definition) is 2. The molecule has 0 aliphatic heterocycles. The first-order valence-electron chi connectivity index (χ1n) is 7.96. The van der Waals surface area contributed by atoms with E-state index < -0.39 is 0 Å². The van der Waals surface area contributed by atoms with Gasteiger partial charge in [0.15, 0.2) is 0 Å². The summed E-state index contributed by atoms with van der Waals surface area (Å²) in [5.41, 5.74) is 3.96. The van der Waals surface area contributed by atoms with Crippen LogP contribution in [0.1, 0.15) is 17.0 Å². The Morgan fingerprint density at radius 3 is 2.64 bits per heavy atom. The van der Waals surface area contributed by atoms with Gasteiger partial charge in [0.25, 0.3) is 5.56 Å². The highest BCUT2D eigenvalue weighted by Gasteiger charge is 2.20. The number of aromatic nitrogens is 3. The minimum Gasteiger partial charge on any atom is -0.497 e. The molecule has 0 aliphatic carbocycles. The smallest absolute Gasteiger partial charge is 0.277 e. The first-order chi connectivity index (χ1) is 12.0. The predicted molar refractivity (Wildman–Crippen MR) is 94.6 cm³/mol. The quantitative estimate of drug-likeness (QED) is 0.738. The summed E-state index contributed by atoms with van der Waals surface area (Å²) in [6, 6.07) is 5.52. The Bertz CT molecular complexity index is 988. The highest BCUT2D eigenvalue weighted by molar-refractivity contribution is 5.84. The number of fused-ring (bicyclic) bond motifs is 1. The number of methoxy groups -OCH3 is 2. The zero-order chi connectivity index (χ0) is 18.1. The van der Waals surface area contributed by atoms with Crippen LogP contribution in [-0.2, 0) is 6.42 Å². The third-order valence-electron chi connectivity index (χ3n) is 4.31. The van der Waals surface area contributed by atoms with Crippen LogP contribution in [0.4, 0.5) is 0 Å². The average molecular weight is 343 g/mol. The zero-order valence-electron chi connectivity index (χ0n) is 14.7. The van der Waals surface area contributed by atoms with E-state index in [0.29, 0.717) is 28.4 Å². The Hall–Kier alpha value is -2.80. The van der Waals surface area contributed by atoms with Crippen LogP contribution >= 0.6 is 0 Å². The maximum Gasteiger partial charge on any atom is 0.277 e. The van der Waals surface area contributed by atoms with E-state index in [1.165, 1.54) is 4.52 Å². The number of hydrogen-bond acceptors (Lipinski definition) is 5. The molecule has 0 bridgehead atoms. The standard InChI is InChI=1S/C18H21N3O4/c1-10-13(7-8-22)18(23)21-17(19-10)16(11(2)20-21)14-6-5-12(24-3)9-15(14)25-4/h5-6,9,19,22H,7-8H2,1-4H3. The molecule has 7 heteroatoms. The minimum absolute atomic E-state index is 0.0885. The Balaban J connectivity index is 2.31. The summed E-state index contributed by atoms with van der Waals surface area (Å²) in [7, 11) is 3.19. The van der Waals surface area contributed by atoms with Crippen molar-refractivity contribution < 1.29 is 14.6 Å². The lowest BCUT2D eigenvalue weighted by atomic mass is 10.0. The minimum atomic E-state index is -0.220. The number of aliphatic hydroxyl groups is 1. The fourth-order valence-electron chi connectivity index (χ4n) is 3.06. The number of aromatic amines is 1. The first kappa shape index (κ1) is 17.0. The Morgan fingerprint density at radius 1 is 1.24 bits per heavy atom. The molecule has 2 N–H and O–H groups in total. The van der Waals surface area contributed by atoms with E-state index in [0.717, 1.165) is 16.8 Å². The van der Waals surface area contributed by atoms with Crippen LogP contribution < -0.4 is 15.0 Å². The number of aliphatic hydroxyl groups excluding tert-OH is 1. The predicted octanol–water partition coefficient (Wildman–Crippen LogP) is 1.86. The highest BCUT2D eigenvalue weighted by Crippen LogP contribution is 2.36. The maximum atomic E-state index is 12.7. The van der Waals surface area contributed by atoms with Crippen LogP contribution in [-0.4, -0.2) is 40.5 Å². The molecule has 3 aromatic rings. The van der Waals surface area contributed by atoms with Crippen molar-refractivity contribution in [3.63, 3.8) is 0 Å².